The average molecular weight is 289 g/mol. The molecule has 1 aromatic heterocycles. The third kappa shape index (κ3) is 3.92. The summed E-state index contributed by atoms with van der Waals surface area (Å²) in [5, 5.41) is 2.75. The molecule has 0 bridgehead atoms. The lowest BCUT2D eigenvalue weighted by Gasteiger charge is -2.15. The van der Waals surface area contributed by atoms with Gasteiger partial charge in [0.25, 0.3) is 5.56 Å². The number of anilines is 1. The predicted molar refractivity (Wildman–Crippen MR) is 78.1 cm³/mol. The molecule has 2 rings (SSSR count). The second-order valence-corrected chi connectivity index (χ2v) is 4.77. The Morgan fingerprint density at radius 2 is 1.95 bits per heavy atom. The van der Waals surface area contributed by atoms with E-state index in [9.17, 15) is 14.0 Å². The van der Waals surface area contributed by atoms with Crippen molar-refractivity contribution in [3.63, 3.8) is 0 Å². The molecule has 21 heavy (non-hydrogen) atoms. The molecule has 110 valence electrons. The van der Waals surface area contributed by atoms with Gasteiger partial charge in [0.15, 0.2) is 0 Å². The van der Waals surface area contributed by atoms with Crippen molar-refractivity contribution >= 4 is 11.6 Å². The lowest BCUT2D eigenvalue weighted by atomic mass is 10.1. The van der Waals surface area contributed by atoms with Gasteiger partial charge in [-0.2, -0.15) is 0 Å². The van der Waals surface area contributed by atoms with Gasteiger partial charge in [0, 0.05) is 18.0 Å². The number of carbonyl (C=O) groups is 1. The smallest absolute Gasteiger partial charge is 0.251 e. The number of amides is 1. The first kappa shape index (κ1) is 14.8. The molecule has 0 saturated carbocycles. The number of nitrogens with two attached hydrogens (primary N) is 1. The molecule has 0 radical (unpaired) electrons. The topological polar surface area (TPSA) is 77.1 Å². The van der Waals surface area contributed by atoms with Gasteiger partial charge in [-0.1, -0.05) is 12.1 Å². The summed E-state index contributed by atoms with van der Waals surface area (Å²) in [6, 6.07) is 8.39. The molecule has 5 nitrogen and oxygen atoms in total. The van der Waals surface area contributed by atoms with Crippen LogP contribution in [0.3, 0.4) is 0 Å². The van der Waals surface area contributed by atoms with Crippen LogP contribution in [0.1, 0.15) is 18.5 Å². The van der Waals surface area contributed by atoms with Gasteiger partial charge < -0.3 is 15.6 Å². The Kier molecular flexibility index (Phi) is 4.37. The second-order valence-electron chi connectivity index (χ2n) is 4.77. The summed E-state index contributed by atoms with van der Waals surface area (Å²) < 4.78 is 14.1. The first-order valence-corrected chi connectivity index (χ1v) is 6.46. The second kappa shape index (κ2) is 6.21. The van der Waals surface area contributed by atoms with E-state index in [-0.39, 0.29) is 29.9 Å². The van der Waals surface area contributed by atoms with Crippen LogP contribution in [0.4, 0.5) is 10.1 Å². The van der Waals surface area contributed by atoms with Crippen molar-refractivity contribution in [3.05, 3.63) is 64.3 Å². The third-order valence-electron chi connectivity index (χ3n) is 3.07. The summed E-state index contributed by atoms with van der Waals surface area (Å²) in [4.78, 5) is 23.5. The van der Waals surface area contributed by atoms with Crippen LogP contribution < -0.4 is 16.6 Å². The van der Waals surface area contributed by atoms with E-state index in [1.807, 2.05) is 0 Å². The Labute approximate surface area is 121 Å². The summed E-state index contributed by atoms with van der Waals surface area (Å²) in [6.07, 6.45) is 1.42. The number of pyridine rings is 1. The molecule has 3 N–H and O–H groups in total. The number of nitrogen functional groups attached to an aromatic ring is 1. The molecule has 0 aliphatic rings. The van der Waals surface area contributed by atoms with Crippen LogP contribution >= 0.6 is 0 Å². The quantitative estimate of drug-likeness (QED) is 0.894. The monoisotopic (exact) mass is 289 g/mol. The zero-order valence-corrected chi connectivity index (χ0v) is 11.5. The zero-order valence-electron chi connectivity index (χ0n) is 11.5. The summed E-state index contributed by atoms with van der Waals surface area (Å²) in [7, 11) is 0. The van der Waals surface area contributed by atoms with Crippen molar-refractivity contribution in [2.24, 2.45) is 0 Å². The van der Waals surface area contributed by atoms with E-state index in [0.29, 0.717) is 5.69 Å². The molecule has 1 aromatic carbocycles. The molecular formula is C15H16FN3O2. The van der Waals surface area contributed by atoms with Crippen LogP contribution in [0.5, 0.6) is 0 Å². The first-order valence-electron chi connectivity index (χ1n) is 6.46. The maximum atomic E-state index is 12.8. The Hall–Kier alpha value is -2.63. The molecule has 1 unspecified atom stereocenters. The van der Waals surface area contributed by atoms with Crippen molar-refractivity contribution < 1.29 is 9.18 Å². The minimum Gasteiger partial charge on any atom is -0.398 e. The lowest BCUT2D eigenvalue weighted by molar-refractivity contribution is -0.122. The summed E-state index contributed by atoms with van der Waals surface area (Å²) in [5.41, 5.74) is 6.48. The van der Waals surface area contributed by atoms with E-state index >= 15 is 0 Å². The molecule has 1 amide bonds. The standard InChI is InChI=1S/C15H16FN3O2/c1-10(11-2-4-12(16)5-3-11)18-14(20)9-19-8-13(17)6-7-15(19)21/h2-8,10H,9,17H2,1H3,(H,18,20). The van der Waals surface area contributed by atoms with Crippen molar-refractivity contribution in [2.75, 3.05) is 5.73 Å². The van der Waals surface area contributed by atoms with Gasteiger partial charge in [0.1, 0.15) is 12.4 Å². The van der Waals surface area contributed by atoms with Crippen LogP contribution in [0, 0.1) is 5.82 Å². The fourth-order valence-electron chi connectivity index (χ4n) is 1.95. The van der Waals surface area contributed by atoms with Crippen LogP contribution in [0.2, 0.25) is 0 Å². The van der Waals surface area contributed by atoms with Gasteiger partial charge in [0.05, 0.1) is 6.04 Å². The van der Waals surface area contributed by atoms with Gasteiger partial charge in [-0.05, 0) is 30.7 Å². The largest absolute Gasteiger partial charge is 0.398 e. The Balaban J connectivity index is 2.03. The molecule has 1 atom stereocenters. The zero-order chi connectivity index (χ0) is 15.4. The van der Waals surface area contributed by atoms with Crippen LogP contribution in [0.15, 0.2) is 47.4 Å². The predicted octanol–water partition coefficient (Wildman–Crippen LogP) is 1.45. The number of carbonyl (C=O) groups excluding carboxylic acids is 1. The van der Waals surface area contributed by atoms with Crippen LogP contribution in [-0.4, -0.2) is 10.5 Å². The van der Waals surface area contributed by atoms with Gasteiger partial charge in [-0.3, -0.25) is 9.59 Å². The first-order chi connectivity index (χ1) is 9.95. The molecule has 6 heteroatoms. The summed E-state index contributed by atoms with van der Waals surface area (Å²) >= 11 is 0. The van der Waals surface area contributed by atoms with Crippen LogP contribution in [0.25, 0.3) is 0 Å². The summed E-state index contributed by atoms with van der Waals surface area (Å²) in [6.45, 7) is 1.67. The Morgan fingerprint density at radius 3 is 2.62 bits per heavy atom. The van der Waals surface area contributed by atoms with E-state index in [1.165, 1.54) is 35.0 Å². The number of nitrogens with one attached hydrogen (secondary N) is 1. The van der Waals surface area contributed by atoms with Gasteiger partial charge in [-0.15, -0.1) is 0 Å². The minimum atomic E-state index is -0.330. The number of aromatic nitrogens is 1. The normalized spacial score (nSPS) is 11.9. The highest BCUT2D eigenvalue weighted by Gasteiger charge is 2.10. The number of nitrogens with zero attached hydrogens (tertiary/aromatic N) is 1. The van der Waals surface area contributed by atoms with E-state index in [4.69, 9.17) is 5.73 Å². The average Bonchev–Trinajstić information content (AvgIpc) is 2.43. The molecular weight excluding hydrogens is 273 g/mol. The highest BCUT2D eigenvalue weighted by molar-refractivity contribution is 5.76. The Bertz CT molecular complexity index is 695. The molecule has 0 fully saturated rings. The van der Waals surface area contributed by atoms with E-state index in [0.717, 1.165) is 5.56 Å². The molecule has 0 saturated heterocycles. The SMILES string of the molecule is CC(NC(=O)Cn1cc(N)ccc1=O)c1ccc(F)cc1. The van der Waals surface area contributed by atoms with Crippen molar-refractivity contribution in [1.82, 2.24) is 9.88 Å². The maximum absolute atomic E-state index is 12.8. The van der Waals surface area contributed by atoms with E-state index in [1.54, 1.807) is 19.1 Å². The number of hydrogen-bond acceptors (Lipinski definition) is 3. The van der Waals surface area contributed by atoms with Gasteiger partial charge in [-0.25, -0.2) is 4.39 Å². The van der Waals surface area contributed by atoms with Crippen molar-refractivity contribution in [1.29, 1.82) is 0 Å². The Morgan fingerprint density at radius 1 is 1.29 bits per heavy atom. The number of rotatable bonds is 4. The highest BCUT2D eigenvalue weighted by atomic mass is 19.1. The maximum Gasteiger partial charge on any atom is 0.251 e. The number of halogens is 1. The highest BCUT2D eigenvalue weighted by Crippen LogP contribution is 2.12. The minimum absolute atomic E-state index is 0.116. The fourth-order valence-corrected chi connectivity index (χ4v) is 1.95. The van der Waals surface area contributed by atoms with Crippen molar-refractivity contribution in [2.45, 2.75) is 19.5 Å². The molecule has 1 heterocycles. The third-order valence-corrected chi connectivity index (χ3v) is 3.07. The molecule has 0 spiro atoms. The van der Waals surface area contributed by atoms with E-state index < -0.39 is 0 Å². The fraction of sp³-hybridized carbons (Fsp3) is 0.200. The van der Waals surface area contributed by atoms with E-state index in [2.05, 4.69) is 5.32 Å². The van der Waals surface area contributed by atoms with Crippen LogP contribution in [-0.2, 0) is 11.3 Å². The molecule has 2 aromatic rings. The van der Waals surface area contributed by atoms with Gasteiger partial charge in [0.2, 0.25) is 5.91 Å². The van der Waals surface area contributed by atoms with Crippen molar-refractivity contribution in [3.8, 4) is 0 Å². The summed E-state index contributed by atoms with van der Waals surface area (Å²) in [5.74, 6) is -0.650. The number of benzene rings is 1. The number of hydrogen-bond donors (Lipinski definition) is 2. The van der Waals surface area contributed by atoms with Gasteiger partial charge >= 0.3 is 0 Å². The molecule has 0 aliphatic heterocycles. The molecule has 0 aliphatic carbocycles. The lowest BCUT2D eigenvalue weighted by Crippen LogP contribution is -2.33.